The molecule has 4 atom stereocenters. The standard InChI is InChI=1S/C20H29F3O7S.C18H25FO3.C18H13S.C12H22O2.C10H14O/c1-4-17(2,3)15(24)30-19-8-12-5-13(9-19)7-18(6-12,11-19)16(25)29-14(20(21,22)23)10-31(26,27)28;1-5-17(2,3)16(20)21-13-8-9-14(19)15(12-13)22-18(4)10-6-7-11-18;1-2-8-14(9-3-1)19-17-12-6-4-10-15(17)16-11-5-7-13-18(16)19;1-5-11(2,3)10(13)14-12(4)8-6-7-9-12;1-3-8(2)9-5-4-6-10(11)7-9/h12-14H,4-11H2,1-3H3,(H,26,27,28);8-9,12H,5-7,10-11H2,1-4H3;1-13H;5-9H2,1-4H3;4-8,11H,3H2,1-2H3/q;;+1;;/p-1. The number of phenolic OH excluding ortho intramolecular Hbond substituents is 1. The number of phenols is 1. The SMILES string of the molecule is CCC(C)(C)C(=O)OC1(C)CCCC1.CCC(C)(C)C(=O)OC12CC3CC(C1)CC(C(=O)OC(CS(=O)(=O)[O-])C(F)(F)F)(C3)C2.CCC(C)(C)C(=O)Oc1ccc(F)c(OC2(C)CCCC2)c1.CCC(C)c1cccc(O)c1.c1ccc(-[s+]2c3ccccc3c3ccccc32)cc1. The van der Waals surface area contributed by atoms with Gasteiger partial charge in [0, 0.05) is 33.7 Å². The number of ether oxygens (including phenoxy) is 5. The number of rotatable bonds is 18. The molecule has 5 aromatic carbocycles. The molecule has 6 aliphatic rings. The molecule has 6 fully saturated rings. The molecule has 6 aromatic rings. The first-order valence-electron chi connectivity index (χ1n) is 34.5. The van der Waals surface area contributed by atoms with Gasteiger partial charge in [-0.05, 0) is 249 Å². The van der Waals surface area contributed by atoms with Crippen LogP contribution in [0.15, 0.2) is 121 Å². The zero-order valence-electron chi connectivity index (χ0n) is 59.0. The molecule has 0 aliphatic heterocycles. The topological polar surface area (TPSA) is 192 Å². The molecule has 6 saturated carbocycles. The average Bonchev–Trinajstić information content (AvgIpc) is 1.53. The normalized spacial score (nSPS) is 21.4. The Hall–Kier alpha value is -6.57. The number of benzene rings is 5. The maximum atomic E-state index is 14.0. The van der Waals surface area contributed by atoms with Crippen LogP contribution < -0.4 is 9.47 Å². The Morgan fingerprint density at radius 2 is 1.13 bits per heavy atom. The zero-order valence-corrected chi connectivity index (χ0v) is 60.6. The number of fused-ring (bicyclic) bond motifs is 3. The second kappa shape index (κ2) is 31.7. The molecule has 13 nitrogen and oxygen atoms in total. The quantitative estimate of drug-likeness (QED) is 0.0214. The molecular formula is C78H102F4O13S2. The third-order valence-corrected chi connectivity index (χ3v) is 23.7. The van der Waals surface area contributed by atoms with Crippen LogP contribution in [0.5, 0.6) is 17.2 Å². The van der Waals surface area contributed by atoms with E-state index in [4.69, 9.17) is 24.1 Å². The Balaban J connectivity index is 0.000000178. The predicted octanol–water partition coefficient (Wildman–Crippen LogP) is 20.1. The highest BCUT2D eigenvalue weighted by Gasteiger charge is 2.64. The van der Waals surface area contributed by atoms with Gasteiger partial charge in [-0.3, -0.25) is 19.2 Å². The summed E-state index contributed by atoms with van der Waals surface area (Å²) in [5, 5.41) is 11.9. The summed E-state index contributed by atoms with van der Waals surface area (Å²) in [4.78, 5) is 51.0. The Morgan fingerprint density at radius 3 is 1.63 bits per heavy atom. The highest BCUT2D eigenvalue weighted by atomic mass is 32.2. The number of carbonyl (C=O) groups excluding carboxylic acids is 4. The van der Waals surface area contributed by atoms with Crippen molar-refractivity contribution in [2.24, 2.45) is 33.5 Å². The molecule has 1 aromatic heterocycles. The van der Waals surface area contributed by atoms with Crippen molar-refractivity contribution in [1.82, 2.24) is 0 Å². The smallest absolute Gasteiger partial charge is 0.426 e. The van der Waals surface area contributed by atoms with Crippen LogP contribution in [0.25, 0.3) is 25.1 Å². The van der Waals surface area contributed by atoms with Gasteiger partial charge in [0.25, 0.3) is 0 Å². The first-order valence-corrected chi connectivity index (χ1v) is 37.3. The molecule has 532 valence electrons. The lowest BCUT2D eigenvalue weighted by Crippen LogP contribution is -2.61. The Kier molecular flexibility index (Phi) is 25.5. The maximum Gasteiger partial charge on any atom is 0.426 e. The molecule has 6 aliphatic carbocycles. The fraction of sp³-hybridized carbons (Fsp3) is 0.564. The minimum Gasteiger partial charge on any atom is -0.748 e. The van der Waals surface area contributed by atoms with Gasteiger partial charge < -0.3 is 33.3 Å². The first kappa shape index (κ1) is 77.8. The van der Waals surface area contributed by atoms with E-state index >= 15 is 0 Å². The van der Waals surface area contributed by atoms with Crippen LogP contribution >= 0.6 is 10.5 Å². The van der Waals surface area contributed by atoms with E-state index in [9.17, 15) is 49.7 Å². The minimum absolute atomic E-state index is 0.00100. The molecule has 4 bridgehead atoms. The number of thiophene rings is 1. The van der Waals surface area contributed by atoms with Gasteiger partial charge in [-0.15, -0.1) is 0 Å². The lowest BCUT2D eigenvalue weighted by Gasteiger charge is -2.60. The van der Waals surface area contributed by atoms with Crippen molar-refractivity contribution in [2.75, 3.05) is 5.75 Å². The van der Waals surface area contributed by atoms with Crippen molar-refractivity contribution in [2.45, 2.75) is 241 Å². The number of esters is 4. The fourth-order valence-electron chi connectivity index (χ4n) is 13.6. The number of carbonyl (C=O) groups is 4. The molecule has 19 heteroatoms. The Bertz CT molecular complexity index is 3700. The van der Waals surface area contributed by atoms with Crippen LogP contribution in [0.1, 0.15) is 217 Å². The Morgan fingerprint density at radius 1 is 0.639 bits per heavy atom. The van der Waals surface area contributed by atoms with Crippen LogP contribution in [0.2, 0.25) is 0 Å². The zero-order chi connectivity index (χ0) is 71.6. The molecule has 0 saturated heterocycles. The molecule has 0 spiro atoms. The van der Waals surface area contributed by atoms with E-state index in [1.54, 1.807) is 19.9 Å². The van der Waals surface area contributed by atoms with Gasteiger partial charge in [-0.2, -0.15) is 13.2 Å². The summed E-state index contributed by atoms with van der Waals surface area (Å²) in [5.41, 5.74) is -3.14. The van der Waals surface area contributed by atoms with Crippen molar-refractivity contribution in [3.63, 3.8) is 0 Å². The van der Waals surface area contributed by atoms with Crippen LogP contribution in [-0.4, -0.2) is 76.8 Å². The number of alkyl halides is 3. The highest BCUT2D eigenvalue weighted by Crippen LogP contribution is 2.64. The summed E-state index contributed by atoms with van der Waals surface area (Å²) in [5.74, 6) is -2.84. The number of hydrogen-bond donors (Lipinski definition) is 1. The van der Waals surface area contributed by atoms with Gasteiger partial charge in [-0.25, -0.2) is 12.8 Å². The lowest BCUT2D eigenvalue weighted by molar-refractivity contribution is -0.239. The molecule has 12 rings (SSSR count). The molecular weight excluding hydrogens is 1280 g/mol. The highest BCUT2D eigenvalue weighted by molar-refractivity contribution is 7.85. The Labute approximate surface area is 574 Å². The molecule has 4 unspecified atom stereocenters. The summed E-state index contributed by atoms with van der Waals surface area (Å²) in [6.07, 6.45) is 5.94. The number of aromatic hydroxyl groups is 1. The van der Waals surface area contributed by atoms with Crippen LogP contribution in [0.3, 0.4) is 0 Å². The van der Waals surface area contributed by atoms with Gasteiger partial charge in [0.15, 0.2) is 25.9 Å². The molecule has 97 heavy (non-hydrogen) atoms. The van der Waals surface area contributed by atoms with Crippen molar-refractivity contribution < 1.29 is 78.5 Å². The van der Waals surface area contributed by atoms with Gasteiger partial charge in [0.1, 0.15) is 28.3 Å². The van der Waals surface area contributed by atoms with Crippen molar-refractivity contribution in [3.05, 3.63) is 133 Å². The summed E-state index contributed by atoms with van der Waals surface area (Å²) >= 11 is 0. The average molecular weight is 1390 g/mol. The maximum absolute atomic E-state index is 14.0. The summed E-state index contributed by atoms with van der Waals surface area (Å²) in [7, 11) is -5.21. The van der Waals surface area contributed by atoms with E-state index in [0.29, 0.717) is 55.9 Å². The van der Waals surface area contributed by atoms with E-state index in [1.165, 1.54) is 61.7 Å². The molecule has 1 N–H and O–H groups in total. The third kappa shape index (κ3) is 20.3. The van der Waals surface area contributed by atoms with E-state index < -0.39 is 67.8 Å². The minimum atomic E-state index is -5.27. The summed E-state index contributed by atoms with van der Waals surface area (Å²) in [6.45, 7) is 25.2. The van der Waals surface area contributed by atoms with Crippen molar-refractivity contribution in [3.8, 4) is 22.1 Å². The van der Waals surface area contributed by atoms with Crippen LogP contribution in [-0.2, 0) is 43.5 Å². The van der Waals surface area contributed by atoms with E-state index in [0.717, 1.165) is 57.8 Å². The predicted molar refractivity (Wildman–Crippen MR) is 373 cm³/mol. The summed E-state index contributed by atoms with van der Waals surface area (Å²) in [6, 6.07) is 40.1. The fourth-order valence-corrected chi connectivity index (χ4v) is 16.6. The van der Waals surface area contributed by atoms with E-state index in [1.807, 2.05) is 73.6 Å². The van der Waals surface area contributed by atoms with Crippen LogP contribution in [0, 0.1) is 39.3 Å². The van der Waals surface area contributed by atoms with Gasteiger partial charge in [0.05, 0.1) is 37.5 Å². The van der Waals surface area contributed by atoms with Crippen molar-refractivity contribution >= 4 is 64.6 Å². The second-order valence-electron chi connectivity index (χ2n) is 30.0. The second-order valence-corrected chi connectivity index (χ2v) is 33.4. The van der Waals surface area contributed by atoms with E-state index in [2.05, 4.69) is 104 Å². The lowest BCUT2D eigenvalue weighted by atomic mass is 9.48. The summed E-state index contributed by atoms with van der Waals surface area (Å²) < 4.78 is 117. The number of hydrogen-bond acceptors (Lipinski definition) is 13. The molecule has 1 heterocycles. The van der Waals surface area contributed by atoms with Gasteiger partial charge in [0.2, 0.25) is 6.10 Å². The molecule has 0 amide bonds. The van der Waals surface area contributed by atoms with Gasteiger partial charge in [-0.1, -0.05) is 89.2 Å². The molecule has 0 radical (unpaired) electrons. The monoisotopic (exact) mass is 1390 g/mol. The largest absolute Gasteiger partial charge is 0.748 e. The van der Waals surface area contributed by atoms with Crippen LogP contribution in [0.4, 0.5) is 17.6 Å². The third-order valence-electron chi connectivity index (χ3n) is 20.7. The first-order chi connectivity index (χ1) is 45.3. The van der Waals surface area contributed by atoms with Gasteiger partial charge >= 0.3 is 30.1 Å². The number of halogens is 4. The van der Waals surface area contributed by atoms with Crippen molar-refractivity contribution in [1.29, 1.82) is 0 Å². The van der Waals surface area contributed by atoms with E-state index in [-0.39, 0.29) is 63.0 Å².